The van der Waals surface area contributed by atoms with Crippen LogP contribution in [-0.4, -0.2) is 23.4 Å². The normalized spacial score (nSPS) is 15.2. The second kappa shape index (κ2) is 6.33. The molecule has 2 rings (SSSR count). The largest absolute Gasteiger partial charge is 0.335 e. The molecule has 0 aromatic heterocycles. The van der Waals surface area contributed by atoms with Crippen LogP contribution in [0.4, 0.5) is 4.39 Å². The van der Waals surface area contributed by atoms with Gasteiger partial charge in [-0.1, -0.05) is 25.0 Å². The van der Waals surface area contributed by atoms with E-state index in [1.54, 1.807) is 17.0 Å². The van der Waals surface area contributed by atoms with E-state index in [4.69, 9.17) is 5.26 Å². The highest BCUT2D eigenvalue weighted by Crippen LogP contribution is 2.25. The number of nitriles is 1. The quantitative estimate of drug-likeness (QED) is 0.834. The maximum atomic E-state index is 13.7. The van der Waals surface area contributed by atoms with Crippen LogP contribution in [0.1, 0.15) is 42.5 Å². The summed E-state index contributed by atoms with van der Waals surface area (Å²) in [6.45, 7) is 0.383. The molecule has 1 aliphatic rings. The van der Waals surface area contributed by atoms with Gasteiger partial charge in [0.1, 0.15) is 5.82 Å². The van der Waals surface area contributed by atoms with Gasteiger partial charge < -0.3 is 4.90 Å². The predicted molar refractivity (Wildman–Crippen MR) is 69.9 cm³/mol. The van der Waals surface area contributed by atoms with E-state index in [1.807, 2.05) is 0 Å². The fraction of sp³-hybridized carbons (Fsp3) is 0.467. The standard InChI is InChI=1S/C15H17FN2O/c16-14-9-4-3-8-13(14)15(19)18(11-5-10-17)12-6-1-2-7-12/h3-4,8-9,12H,1-2,5-7,11H2. The van der Waals surface area contributed by atoms with E-state index in [-0.39, 0.29) is 23.9 Å². The van der Waals surface area contributed by atoms with Crippen LogP contribution in [0.3, 0.4) is 0 Å². The third-order valence-corrected chi connectivity index (χ3v) is 3.60. The zero-order valence-corrected chi connectivity index (χ0v) is 10.8. The SMILES string of the molecule is N#CCCN(C(=O)c1ccccc1F)C1CCCC1. The predicted octanol–water partition coefficient (Wildman–Crippen LogP) is 3.12. The average Bonchev–Trinajstić information content (AvgIpc) is 2.93. The van der Waals surface area contributed by atoms with Crippen LogP contribution in [0.15, 0.2) is 24.3 Å². The summed E-state index contributed by atoms with van der Waals surface area (Å²) < 4.78 is 13.7. The summed E-state index contributed by atoms with van der Waals surface area (Å²) in [5, 5.41) is 8.70. The highest BCUT2D eigenvalue weighted by Gasteiger charge is 2.28. The van der Waals surface area contributed by atoms with Gasteiger partial charge in [-0.25, -0.2) is 4.39 Å². The second-order valence-electron chi connectivity index (χ2n) is 4.82. The van der Waals surface area contributed by atoms with Gasteiger partial charge in [-0.3, -0.25) is 4.79 Å². The molecule has 0 saturated heterocycles. The highest BCUT2D eigenvalue weighted by molar-refractivity contribution is 5.94. The summed E-state index contributed by atoms with van der Waals surface area (Å²) >= 11 is 0. The minimum Gasteiger partial charge on any atom is -0.335 e. The van der Waals surface area contributed by atoms with Gasteiger partial charge in [-0.2, -0.15) is 5.26 Å². The minimum atomic E-state index is -0.493. The molecule has 3 nitrogen and oxygen atoms in total. The molecule has 4 heteroatoms. The van der Waals surface area contributed by atoms with Crippen molar-refractivity contribution in [3.05, 3.63) is 35.6 Å². The van der Waals surface area contributed by atoms with E-state index in [2.05, 4.69) is 6.07 Å². The van der Waals surface area contributed by atoms with Crippen LogP contribution in [0.25, 0.3) is 0 Å². The summed E-state index contributed by atoms with van der Waals surface area (Å²) in [6, 6.07) is 8.24. The Morgan fingerprint density at radius 1 is 1.37 bits per heavy atom. The Kier molecular flexibility index (Phi) is 4.51. The fourth-order valence-corrected chi connectivity index (χ4v) is 2.63. The molecule has 1 saturated carbocycles. The molecule has 1 aromatic carbocycles. The van der Waals surface area contributed by atoms with Crippen molar-refractivity contribution in [1.29, 1.82) is 5.26 Å². The average molecular weight is 260 g/mol. The zero-order chi connectivity index (χ0) is 13.7. The molecule has 1 aromatic rings. The van der Waals surface area contributed by atoms with Crippen LogP contribution in [-0.2, 0) is 0 Å². The van der Waals surface area contributed by atoms with E-state index in [0.29, 0.717) is 6.54 Å². The first-order chi connectivity index (χ1) is 9.24. The van der Waals surface area contributed by atoms with Crippen LogP contribution in [0.5, 0.6) is 0 Å². The van der Waals surface area contributed by atoms with Gasteiger partial charge >= 0.3 is 0 Å². The molecule has 0 atom stereocenters. The molecule has 0 spiro atoms. The molecule has 1 aliphatic carbocycles. The lowest BCUT2D eigenvalue weighted by Crippen LogP contribution is -2.39. The first kappa shape index (κ1) is 13.5. The van der Waals surface area contributed by atoms with Gasteiger partial charge in [0.2, 0.25) is 0 Å². The van der Waals surface area contributed by atoms with Crippen LogP contribution in [0.2, 0.25) is 0 Å². The third kappa shape index (κ3) is 3.11. The lowest BCUT2D eigenvalue weighted by molar-refractivity contribution is 0.0681. The Morgan fingerprint density at radius 3 is 2.68 bits per heavy atom. The minimum absolute atomic E-state index is 0.104. The number of benzene rings is 1. The van der Waals surface area contributed by atoms with Crippen molar-refractivity contribution in [2.45, 2.75) is 38.1 Å². The molecule has 19 heavy (non-hydrogen) atoms. The summed E-state index contributed by atoms with van der Waals surface area (Å²) in [4.78, 5) is 14.1. The first-order valence-electron chi connectivity index (χ1n) is 6.66. The number of nitrogens with zero attached hydrogens (tertiary/aromatic N) is 2. The topological polar surface area (TPSA) is 44.1 Å². The van der Waals surface area contributed by atoms with Crippen molar-refractivity contribution in [2.24, 2.45) is 0 Å². The Morgan fingerprint density at radius 2 is 2.05 bits per heavy atom. The molecule has 0 unspecified atom stereocenters. The number of carbonyl (C=O) groups excluding carboxylic acids is 1. The highest BCUT2D eigenvalue weighted by atomic mass is 19.1. The van der Waals surface area contributed by atoms with Crippen molar-refractivity contribution < 1.29 is 9.18 Å². The van der Waals surface area contributed by atoms with Crippen molar-refractivity contribution in [1.82, 2.24) is 4.90 Å². The molecule has 0 radical (unpaired) electrons. The van der Waals surface area contributed by atoms with E-state index < -0.39 is 5.82 Å². The second-order valence-corrected chi connectivity index (χ2v) is 4.82. The van der Waals surface area contributed by atoms with Crippen molar-refractivity contribution in [2.75, 3.05) is 6.54 Å². The monoisotopic (exact) mass is 260 g/mol. The van der Waals surface area contributed by atoms with Crippen LogP contribution < -0.4 is 0 Å². The van der Waals surface area contributed by atoms with Gasteiger partial charge in [0.25, 0.3) is 5.91 Å². The molecule has 0 N–H and O–H groups in total. The molecular formula is C15H17FN2O. The van der Waals surface area contributed by atoms with E-state index in [0.717, 1.165) is 25.7 Å². The van der Waals surface area contributed by atoms with Crippen LogP contribution in [0, 0.1) is 17.1 Å². The summed E-state index contributed by atoms with van der Waals surface area (Å²) in [6.07, 6.45) is 4.38. The molecule has 0 aliphatic heterocycles. The first-order valence-corrected chi connectivity index (χ1v) is 6.66. The molecule has 0 bridgehead atoms. The van der Waals surface area contributed by atoms with Crippen LogP contribution >= 0.6 is 0 Å². The van der Waals surface area contributed by atoms with Gasteiger partial charge in [0.15, 0.2) is 0 Å². The third-order valence-electron chi connectivity index (χ3n) is 3.60. The molecule has 1 amide bonds. The zero-order valence-electron chi connectivity index (χ0n) is 10.8. The van der Waals surface area contributed by atoms with E-state index in [1.165, 1.54) is 12.1 Å². The Balaban J connectivity index is 2.20. The molecular weight excluding hydrogens is 243 g/mol. The number of hydrogen-bond donors (Lipinski definition) is 0. The van der Waals surface area contributed by atoms with Crippen molar-refractivity contribution in [3.8, 4) is 6.07 Å². The fourth-order valence-electron chi connectivity index (χ4n) is 2.63. The molecule has 100 valence electrons. The number of halogens is 1. The molecule has 1 fully saturated rings. The summed E-state index contributed by atoms with van der Waals surface area (Å²) in [7, 11) is 0. The number of amides is 1. The van der Waals surface area contributed by atoms with E-state index in [9.17, 15) is 9.18 Å². The number of carbonyl (C=O) groups is 1. The van der Waals surface area contributed by atoms with E-state index >= 15 is 0 Å². The molecule has 0 heterocycles. The van der Waals surface area contributed by atoms with Crippen molar-refractivity contribution >= 4 is 5.91 Å². The maximum absolute atomic E-state index is 13.7. The summed E-state index contributed by atoms with van der Waals surface area (Å²) in [5.41, 5.74) is 0.104. The number of hydrogen-bond acceptors (Lipinski definition) is 2. The van der Waals surface area contributed by atoms with Gasteiger partial charge in [-0.05, 0) is 25.0 Å². The van der Waals surface area contributed by atoms with Gasteiger partial charge in [0, 0.05) is 12.6 Å². The lowest BCUT2D eigenvalue weighted by Gasteiger charge is -2.28. The van der Waals surface area contributed by atoms with Gasteiger partial charge in [-0.15, -0.1) is 0 Å². The Hall–Kier alpha value is -1.89. The Bertz CT molecular complexity index is 489. The van der Waals surface area contributed by atoms with Gasteiger partial charge in [0.05, 0.1) is 18.1 Å². The smallest absolute Gasteiger partial charge is 0.257 e. The Labute approximate surface area is 112 Å². The summed E-state index contributed by atoms with van der Waals surface area (Å²) in [5.74, 6) is -0.785. The van der Waals surface area contributed by atoms with Crippen molar-refractivity contribution in [3.63, 3.8) is 0 Å². The number of rotatable bonds is 4. The lowest BCUT2D eigenvalue weighted by atomic mass is 10.1. The maximum Gasteiger partial charge on any atom is 0.257 e.